The largest absolute Gasteiger partial charge is 0.326 e. The van der Waals surface area contributed by atoms with Gasteiger partial charge in [0.05, 0.1) is 17.4 Å². The first kappa shape index (κ1) is 21.8. The van der Waals surface area contributed by atoms with Crippen molar-refractivity contribution in [1.29, 1.82) is 0 Å². The van der Waals surface area contributed by atoms with Crippen LogP contribution in [0.1, 0.15) is 17.8 Å². The molecule has 0 unspecified atom stereocenters. The number of amides is 1. The van der Waals surface area contributed by atoms with Crippen molar-refractivity contribution < 1.29 is 9.18 Å². The number of para-hydroxylation sites is 1. The van der Waals surface area contributed by atoms with Gasteiger partial charge in [0.2, 0.25) is 11.7 Å². The van der Waals surface area contributed by atoms with E-state index >= 15 is 0 Å². The summed E-state index contributed by atoms with van der Waals surface area (Å²) < 4.78 is 16.4. The van der Waals surface area contributed by atoms with Crippen LogP contribution in [0.25, 0.3) is 16.7 Å². The standard InChI is InChI=1S/C25H19ClFN5O2/c26-20-7-3-1-5-16(20)15-31-24(34)19-6-2-4-8-21(19)32-22(29-30-25(31)32)13-14-23(33)28-18-11-9-17(27)10-12-18/h1-12H,13-15H2,(H,28,33). The topological polar surface area (TPSA) is 81.3 Å². The number of carbonyl (C=O) groups is 1. The molecule has 0 aliphatic rings. The van der Waals surface area contributed by atoms with Gasteiger partial charge in [0.25, 0.3) is 5.56 Å². The monoisotopic (exact) mass is 475 g/mol. The second kappa shape index (κ2) is 9.07. The first-order valence-electron chi connectivity index (χ1n) is 10.7. The van der Waals surface area contributed by atoms with Gasteiger partial charge in [-0.1, -0.05) is 41.9 Å². The second-order valence-corrected chi connectivity index (χ2v) is 8.21. The third-order valence-electron chi connectivity index (χ3n) is 5.56. The molecule has 9 heteroatoms. The maximum absolute atomic E-state index is 13.3. The SMILES string of the molecule is O=C(CCc1nnc2n(Cc3ccccc3Cl)c(=O)c3ccccc3n12)Nc1ccc(F)cc1. The van der Waals surface area contributed by atoms with Crippen LogP contribution in [0.2, 0.25) is 5.02 Å². The van der Waals surface area contributed by atoms with Gasteiger partial charge in [0.1, 0.15) is 11.6 Å². The average molecular weight is 476 g/mol. The fourth-order valence-corrected chi connectivity index (χ4v) is 4.09. The molecule has 5 rings (SSSR count). The number of carbonyl (C=O) groups excluding carboxylic acids is 1. The Balaban J connectivity index is 1.50. The molecule has 1 amide bonds. The molecule has 170 valence electrons. The average Bonchev–Trinajstić information content (AvgIpc) is 3.27. The zero-order valence-electron chi connectivity index (χ0n) is 17.9. The zero-order valence-corrected chi connectivity index (χ0v) is 18.7. The van der Waals surface area contributed by atoms with Crippen molar-refractivity contribution in [3.05, 3.63) is 105 Å². The molecule has 0 radical (unpaired) electrons. The third kappa shape index (κ3) is 4.15. The summed E-state index contributed by atoms with van der Waals surface area (Å²) in [6, 6.07) is 20.1. The number of fused-ring (bicyclic) bond motifs is 3. The molecule has 0 saturated carbocycles. The van der Waals surface area contributed by atoms with E-state index in [9.17, 15) is 14.0 Å². The van der Waals surface area contributed by atoms with E-state index in [1.54, 1.807) is 27.2 Å². The number of anilines is 1. The maximum Gasteiger partial charge on any atom is 0.263 e. The molecule has 0 spiro atoms. The van der Waals surface area contributed by atoms with Gasteiger partial charge in [-0.15, -0.1) is 10.2 Å². The fourth-order valence-electron chi connectivity index (χ4n) is 3.90. The van der Waals surface area contributed by atoms with Crippen molar-refractivity contribution in [2.45, 2.75) is 19.4 Å². The van der Waals surface area contributed by atoms with Crippen LogP contribution >= 0.6 is 11.6 Å². The Hall–Kier alpha value is -4.04. The van der Waals surface area contributed by atoms with Crippen LogP contribution < -0.4 is 10.9 Å². The Morgan fingerprint density at radius 1 is 0.971 bits per heavy atom. The van der Waals surface area contributed by atoms with E-state index in [1.165, 1.54) is 24.3 Å². The molecule has 1 N–H and O–H groups in total. The van der Waals surface area contributed by atoms with Gasteiger partial charge in [0, 0.05) is 23.6 Å². The molecular formula is C25H19ClFN5O2. The molecule has 0 aliphatic carbocycles. The van der Waals surface area contributed by atoms with Crippen LogP contribution in [0.15, 0.2) is 77.6 Å². The summed E-state index contributed by atoms with van der Waals surface area (Å²) in [4.78, 5) is 25.8. The highest BCUT2D eigenvalue weighted by Gasteiger charge is 2.18. The van der Waals surface area contributed by atoms with Crippen LogP contribution in [0.4, 0.5) is 10.1 Å². The number of hydrogen-bond acceptors (Lipinski definition) is 4. The number of halogens is 2. The van der Waals surface area contributed by atoms with Crippen molar-refractivity contribution in [2.75, 3.05) is 5.32 Å². The Bertz CT molecular complexity index is 1580. The highest BCUT2D eigenvalue weighted by molar-refractivity contribution is 6.31. The number of rotatable bonds is 6. The Labute approximate surface area is 198 Å². The first-order chi connectivity index (χ1) is 16.5. The predicted molar refractivity (Wildman–Crippen MR) is 129 cm³/mol. The van der Waals surface area contributed by atoms with Crippen LogP contribution in [-0.4, -0.2) is 25.1 Å². The maximum atomic E-state index is 13.3. The van der Waals surface area contributed by atoms with Crippen LogP contribution in [0, 0.1) is 5.82 Å². The summed E-state index contributed by atoms with van der Waals surface area (Å²) in [5.41, 5.74) is 1.76. The summed E-state index contributed by atoms with van der Waals surface area (Å²) in [6.07, 6.45) is 0.429. The van der Waals surface area contributed by atoms with Crippen molar-refractivity contribution >= 4 is 39.9 Å². The molecule has 5 aromatic rings. The van der Waals surface area contributed by atoms with Crippen molar-refractivity contribution in [2.24, 2.45) is 0 Å². The smallest absolute Gasteiger partial charge is 0.263 e. The quantitative estimate of drug-likeness (QED) is 0.393. The van der Waals surface area contributed by atoms with Gasteiger partial charge < -0.3 is 5.32 Å². The van der Waals surface area contributed by atoms with E-state index in [-0.39, 0.29) is 30.2 Å². The van der Waals surface area contributed by atoms with Crippen LogP contribution in [0.5, 0.6) is 0 Å². The Morgan fingerprint density at radius 2 is 1.71 bits per heavy atom. The van der Waals surface area contributed by atoms with Crippen LogP contribution in [0.3, 0.4) is 0 Å². The van der Waals surface area contributed by atoms with E-state index in [1.807, 2.05) is 30.3 Å². The minimum atomic E-state index is -0.373. The van der Waals surface area contributed by atoms with Gasteiger partial charge in [-0.3, -0.25) is 18.6 Å². The van der Waals surface area contributed by atoms with Crippen molar-refractivity contribution in [3.63, 3.8) is 0 Å². The summed E-state index contributed by atoms with van der Waals surface area (Å²) in [7, 11) is 0. The molecule has 0 fully saturated rings. The van der Waals surface area contributed by atoms with E-state index in [0.29, 0.717) is 39.6 Å². The van der Waals surface area contributed by atoms with Gasteiger partial charge >= 0.3 is 0 Å². The number of aromatic nitrogens is 4. The van der Waals surface area contributed by atoms with Crippen molar-refractivity contribution in [3.8, 4) is 0 Å². The van der Waals surface area contributed by atoms with Gasteiger partial charge in [0.15, 0.2) is 0 Å². The fraction of sp³-hybridized carbons (Fsp3) is 0.120. The van der Waals surface area contributed by atoms with Crippen molar-refractivity contribution in [1.82, 2.24) is 19.2 Å². The molecule has 34 heavy (non-hydrogen) atoms. The minimum Gasteiger partial charge on any atom is -0.326 e. The number of hydrogen-bond donors (Lipinski definition) is 1. The summed E-state index contributed by atoms with van der Waals surface area (Å²) in [6.45, 7) is 0.232. The number of nitrogens with one attached hydrogen (secondary N) is 1. The molecule has 7 nitrogen and oxygen atoms in total. The lowest BCUT2D eigenvalue weighted by molar-refractivity contribution is -0.116. The lowest BCUT2D eigenvalue weighted by atomic mass is 10.2. The molecular weight excluding hydrogens is 457 g/mol. The normalized spacial score (nSPS) is 11.2. The molecule has 0 saturated heterocycles. The van der Waals surface area contributed by atoms with Gasteiger partial charge in [-0.2, -0.15) is 0 Å². The van der Waals surface area contributed by atoms with Gasteiger partial charge in [-0.25, -0.2) is 4.39 Å². The Morgan fingerprint density at radius 3 is 2.50 bits per heavy atom. The lowest BCUT2D eigenvalue weighted by Gasteiger charge is -2.12. The molecule has 0 bridgehead atoms. The predicted octanol–water partition coefficient (Wildman–Crippen LogP) is 4.46. The third-order valence-corrected chi connectivity index (χ3v) is 5.93. The van der Waals surface area contributed by atoms with E-state index < -0.39 is 0 Å². The van der Waals surface area contributed by atoms with Gasteiger partial charge in [-0.05, 0) is 48.0 Å². The van der Waals surface area contributed by atoms with E-state index in [2.05, 4.69) is 15.5 Å². The highest BCUT2D eigenvalue weighted by atomic mass is 35.5. The highest BCUT2D eigenvalue weighted by Crippen LogP contribution is 2.20. The number of nitrogens with zero attached hydrogens (tertiary/aromatic N) is 4. The molecule has 2 aromatic heterocycles. The summed E-state index contributed by atoms with van der Waals surface area (Å²) in [5.74, 6) is 0.311. The summed E-state index contributed by atoms with van der Waals surface area (Å²) in [5, 5.41) is 12.4. The molecule has 0 aliphatic heterocycles. The van der Waals surface area contributed by atoms with E-state index in [4.69, 9.17) is 11.6 Å². The van der Waals surface area contributed by atoms with Crippen LogP contribution in [-0.2, 0) is 17.8 Å². The molecule has 3 aromatic carbocycles. The minimum absolute atomic E-state index is 0.135. The lowest BCUT2D eigenvalue weighted by Crippen LogP contribution is -2.24. The zero-order chi connectivity index (χ0) is 23.7. The number of benzene rings is 3. The number of aryl methyl sites for hydroxylation is 1. The second-order valence-electron chi connectivity index (χ2n) is 7.81. The molecule has 0 atom stereocenters. The summed E-state index contributed by atoms with van der Waals surface area (Å²) >= 11 is 6.34. The first-order valence-corrected chi connectivity index (χ1v) is 11.0. The van der Waals surface area contributed by atoms with E-state index in [0.717, 1.165) is 5.56 Å². The Kier molecular flexibility index (Phi) is 5.81. The molecule has 2 heterocycles.